The Kier molecular flexibility index (Phi) is 4.20. The van der Waals surface area contributed by atoms with Gasteiger partial charge in [-0.25, -0.2) is 14.2 Å². The van der Waals surface area contributed by atoms with E-state index in [0.717, 1.165) is 6.54 Å². The number of aryl methyl sites for hydroxylation is 1. The quantitative estimate of drug-likeness (QED) is 0.849. The predicted molar refractivity (Wildman–Crippen MR) is 74.8 cm³/mol. The highest BCUT2D eigenvalue weighted by Crippen LogP contribution is 2.18. The second-order valence-corrected chi connectivity index (χ2v) is 5.05. The van der Waals surface area contributed by atoms with Crippen LogP contribution in [0.1, 0.15) is 6.42 Å². The van der Waals surface area contributed by atoms with Crippen LogP contribution in [0.2, 0.25) is 5.15 Å². The molecule has 0 aromatic carbocycles. The summed E-state index contributed by atoms with van der Waals surface area (Å²) in [6.07, 6.45) is 1.80. The second kappa shape index (κ2) is 5.72. The zero-order valence-electron chi connectivity index (χ0n) is 11.1. The van der Waals surface area contributed by atoms with Crippen LogP contribution in [-0.2, 0) is 6.54 Å². The first kappa shape index (κ1) is 14.7. The van der Waals surface area contributed by atoms with E-state index >= 15 is 0 Å². The molecule has 0 radical (unpaired) electrons. The van der Waals surface area contributed by atoms with E-state index in [2.05, 4.69) is 9.97 Å². The van der Waals surface area contributed by atoms with Gasteiger partial charge in [-0.1, -0.05) is 11.6 Å². The van der Waals surface area contributed by atoms with Gasteiger partial charge in [0, 0.05) is 12.7 Å². The summed E-state index contributed by atoms with van der Waals surface area (Å²) in [5.41, 5.74) is -1.42. The smallest absolute Gasteiger partial charge is 0.309 e. The molecule has 2 aromatic heterocycles. The third-order valence-electron chi connectivity index (χ3n) is 2.92. The molecule has 0 unspecified atom stereocenters. The molecule has 2 heterocycles. The first-order chi connectivity index (χ1) is 9.41. The molecule has 6 nitrogen and oxygen atoms in total. The van der Waals surface area contributed by atoms with Crippen molar-refractivity contribution in [2.45, 2.75) is 13.0 Å². The summed E-state index contributed by atoms with van der Waals surface area (Å²) in [6.45, 7) is 1.01. The van der Waals surface area contributed by atoms with E-state index in [1.54, 1.807) is 0 Å². The van der Waals surface area contributed by atoms with Crippen molar-refractivity contribution >= 4 is 22.5 Å². The molecule has 20 heavy (non-hydrogen) atoms. The lowest BCUT2D eigenvalue weighted by atomic mass is 10.3. The minimum Gasteiger partial charge on any atom is -0.309 e. The van der Waals surface area contributed by atoms with Gasteiger partial charge in [-0.3, -0.25) is 14.3 Å². The van der Waals surface area contributed by atoms with Crippen LogP contribution in [0.4, 0.5) is 4.39 Å². The van der Waals surface area contributed by atoms with Gasteiger partial charge in [-0.05, 0) is 27.1 Å². The summed E-state index contributed by atoms with van der Waals surface area (Å²) in [5.74, 6) is -0.850. The third kappa shape index (κ3) is 2.73. The lowest BCUT2D eigenvalue weighted by Gasteiger charge is -2.12. The number of fused-ring (bicyclic) bond motifs is 1. The standard InChI is InChI=1S/C12H14ClFN4O2/c1-17(2)4-3-5-18-9-7(11(19)16-12(18)20)6-15-10(13)8(9)14/h6H,3-5H2,1-2H3,(H,16,19,20). The summed E-state index contributed by atoms with van der Waals surface area (Å²) in [6, 6.07) is 0. The number of aromatic amines is 1. The lowest BCUT2D eigenvalue weighted by Crippen LogP contribution is -2.32. The first-order valence-electron chi connectivity index (χ1n) is 6.03. The van der Waals surface area contributed by atoms with Crippen molar-refractivity contribution in [1.29, 1.82) is 0 Å². The van der Waals surface area contributed by atoms with Gasteiger partial charge in [-0.2, -0.15) is 0 Å². The highest BCUT2D eigenvalue weighted by Gasteiger charge is 2.15. The van der Waals surface area contributed by atoms with E-state index in [1.165, 1.54) is 10.8 Å². The fraction of sp³-hybridized carbons (Fsp3) is 0.417. The van der Waals surface area contributed by atoms with Crippen molar-refractivity contribution in [3.63, 3.8) is 0 Å². The van der Waals surface area contributed by atoms with Gasteiger partial charge in [0.1, 0.15) is 0 Å². The van der Waals surface area contributed by atoms with Crippen molar-refractivity contribution in [2.75, 3.05) is 20.6 Å². The van der Waals surface area contributed by atoms with Crippen molar-refractivity contribution < 1.29 is 4.39 Å². The molecular formula is C12H14ClFN4O2. The number of aromatic nitrogens is 3. The number of nitrogens with zero attached hydrogens (tertiary/aromatic N) is 3. The molecule has 0 spiro atoms. The fourth-order valence-corrected chi connectivity index (χ4v) is 2.12. The van der Waals surface area contributed by atoms with Gasteiger partial charge in [0.05, 0.1) is 10.9 Å². The molecule has 0 saturated carbocycles. The predicted octanol–water partition coefficient (Wildman–Crippen LogP) is 0.829. The number of H-pyrrole nitrogens is 1. The minimum absolute atomic E-state index is 0.0105. The Labute approximate surface area is 118 Å². The first-order valence-corrected chi connectivity index (χ1v) is 6.41. The molecule has 0 fully saturated rings. The van der Waals surface area contributed by atoms with Crippen molar-refractivity contribution in [2.24, 2.45) is 0 Å². The number of pyridine rings is 1. The molecule has 1 N–H and O–H groups in total. The maximum Gasteiger partial charge on any atom is 0.328 e. The van der Waals surface area contributed by atoms with Crippen molar-refractivity contribution in [1.82, 2.24) is 19.4 Å². The summed E-state index contributed by atoms with van der Waals surface area (Å²) in [7, 11) is 3.80. The van der Waals surface area contributed by atoms with Crippen LogP contribution in [0.25, 0.3) is 10.9 Å². The summed E-state index contributed by atoms with van der Waals surface area (Å²) in [4.78, 5) is 31.2. The zero-order chi connectivity index (χ0) is 14.9. The van der Waals surface area contributed by atoms with Crippen LogP contribution >= 0.6 is 11.6 Å². The zero-order valence-corrected chi connectivity index (χ0v) is 11.9. The Morgan fingerprint density at radius 2 is 2.15 bits per heavy atom. The number of hydrogen-bond donors (Lipinski definition) is 1. The molecule has 8 heteroatoms. The van der Waals surface area contributed by atoms with Gasteiger partial charge in [0.2, 0.25) is 0 Å². The normalized spacial score (nSPS) is 11.4. The number of halogens is 2. The van der Waals surface area contributed by atoms with Gasteiger partial charge >= 0.3 is 5.69 Å². The van der Waals surface area contributed by atoms with E-state index in [1.807, 2.05) is 19.0 Å². The Hall–Kier alpha value is -1.73. The van der Waals surface area contributed by atoms with Crippen LogP contribution in [0, 0.1) is 5.82 Å². The number of hydrogen-bond acceptors (Lipinski definition) is 4. The van der Waals surface area contributed by atoms with Crippen molar-refractivity contribution in [3.8, 4) is 0 Å². The van der Waals surface area contributed by atoms with E-state index < -0.39 is 17.1 Å². The van der Waals surface area contributed by atoms with E-state index in [9.17, 15) is 14.0 Å². The van der Waals surface area contributed by atoms with Crippen LogP contribution in [-0.4, -0.2) is 40.1 Å². The molecule has 0 saturated heterocycles. The summed E-state index contributed by atoms with van der Waals surface area (Å²) in [5, 5.41) is -0.347. The van der Waals surface area contributed by atoms with Crippen LogP contribution in [0.3, 0.4) is 0 Å². The highest BCUT2D eigenvalue weighted by atomic mass is 35.5. The maximum absolute atomic E-state index is 14.1. The lowest BCUT2D eigenvalue weighted by molar-refractivity contribution is 0.385. The number of nitrogens with one attached hydrogen (secondary N) is 1. The Morgan fingerprint density at radius 1 is 1.45 bits per heavy atom. The average Bonchev–Trinajstić information content (AvgIpc) is 2.37. The Balaban J connectivity index is 2.60. The summed E-state index contributed by atoms with van der Waals surface area (Å²) >= 11 is 5.63. The van der Waals surface area contributed by atoms with E-state index in [4.69, 9.17) is 11.6 Å². The molecular weight excluding hydrogens is 287 g/mol. The molecule has 2 aromatic rings. The molecule has 0 aliphatic rings. The van der Waals surface area contributed by atoms with Crippen LogP contribution < -0.4 is 11.2 Å². The maximum atomic E-state index is 14.1. The monoisotopic (exact) mass is 300 g/mol. The number of rotatable bonds is 4. The van der Waals surface area contributed by atoms with Gasteiger partial charge < -0.3 is 4.90 Å². The molecule has 0 amide bonds. The topological polar surface area (TPSA) is 71.0 Å². The molecule has 108 valence electrons. The molecule has 2 rings (SSSR count). The third-order valence-corrected chi connectivity index (χ3v) is 3.18. The SMILES string of the molecule is CN(C)CCCn1c(=O)[nH]c(=O)c2cnc(Cl)c(F)c21. The van der Waals surface area contributed by atoms with Crippen LogP contribution in [0.15, 0.2) is 15.8 Å². The molecule has 0 bridgehead atoms. The minimum atomic E-state index is -0.850. The largest absolute Gasteiger partial charge is 0.328 e. The summed E-state index contributed by atoms with van der Waals surface area (Å²) < 4.78 is 15.3. The van der Waals surface area contributed by atoms with Crippen molar-refractivity contribution in [3.05, 3.63) is 38.0 Å². The van der Waals surface area contributed by atoms with Gasteiger partial charge in [-0.15, -0.1) is 0 Å². The average molecular weight is 301 g/mol. The molecule has 0 aliphatic carbocycles. The highest BCUT2D eigenvalue weighted by molar-refractivity contribution is 6.30. The molecule has 0 atom stereocenters. The molecule has 0 aliphatic heterocycles. The van der Waals surface area contributed by atoms with E-state index in [0.29, 0.717) is 6.42 Å². The Morgan fingerprint density at radius 3 is 2.80 bits per heavy atom. The van der Waals surface area contributed by atoms with Crippen LogP contribution in [0.5, 0.6) is 0 Å². The fourth-order valence-electron chi connectivity index (χ4n) is 1.98. The Bertz CT molecular complexity index is 753. The van der Waals surface area contributed by atoms with Gasteiger partial charge in [0.15, 0.2) is 11.0 Å². The van der Waals surface area contributed by atoms with E-state index in [-0.39, 0.29) is 22.6 Å². The van der Waals surface area contributed by atoms with Gasteiger partial charge in [0.25, 0.3) is 5.56 Å². The second-order valence-electron chi connectivity index (χ2n) is 4.69.